The van der Waals surface area contributed by atoms with Crippen molar-refractivity contribution in [3.63, 3.8) is 0 Å². The summed E-state index contributed by atoms with van der Waals surface area (Å²) in [5, 5.41) is 5.24. The maximum atomic E-state index is 5.40. The smallest absolute Gasteiger partial charge is 0.160 e. The molecule has 0 fully saturated rings. The summed E-state index contributed by atoms with van der Waals surface area (Å²) in [7, 11) is -2.04. The first-order valence-electron chi connectivity index (χ1n) is 20.0. The van der Waals surface area contributed by atoms with E-state index in [1.54, 1.807) is 0 Å². The first kappa shape index (κ1) is 34.1. The maximum absolute atomic E-state index is 5.40. The standard InChI is InChI=1S/C54H39N3Si/c1-58(2)49-30-13-12-27-45(49)52-53(58)51(37-19-8-4-9-20-37)55-54(56-52)42-24-15-22-39(34-42)38-21-14-23-41(33-38)44-28-16-29-48-50(44)46-35-40(36-17-6-3-7-18-36)31-32-47(46)57(48)43-25-10-5-11-26-43/h3-35H,1-2H3. The number of para-hydroxylation sites is 1. The van der Waals surface area contributed by atoms with Gasteiger partial charge < -0.3 is 4.57 Å². The number of aromatic nitrogens is 3. The van der Waals surface area contributed by atoms with E-state index in [0.29, 0.717) is 0 Å². The summed E-state index contributed by atoms with van der Waals surface area (Å²) < 4.78 is 2.40. The van der Waals surface area contributed by atoms with E-state index in [0.717, 1.165) is 45.2 Å². The molecule has 274 valence electrons. The van der Waals surface area contributed by atoms with E-state index in [1.807, 2.05) is 0 Å². The van der Waals surface area contributed by atoms with Crippen molar-refractivity contribution < 1.29 is 0 Å². The second kappa shape index (κ2) is 13.5. The Bertz CT molecular complexity index is 3180. The van der Waals surface area contributed by atoms with Crippen LogP contribution >= 0.6 is 0 Å². The SMILES string of the molecule is C[Si]1(C)c2ccccc2-c2nc(-c3cccc(-c4cccc(-c5cccc6c5c5cc(-c7ccccc7)ccc5n6-c5ccccc5)c4)c3)nc(-c3ccccc3)c21. The largest absolute Gasteiger partial charge is 0.309 e. The van der Waals surface area contributed by atoms with E-state index >= 15 is 0 Å². The van der Waals surface area contributed by atoms with Gasteiger partial charge >= 0.3 is 0 Å². The molecule has 58 heavy (non-hydrogen) atoms. The lowest BCUT2D eigenvalue weighted by molar-refractivity contribution is 1.18. The summed E-state index contributed by atoms with van der Waals surface area (Å²) in [5.41, 5.74) is 16.1. The number of nitrogens with zero attached hydrogens (tertiary/aromatic N) is 3. The summed E-state index contributed by atoms with van der Waals surface area (Å²) in [6.45, 7) is 4.87. The van der Waals surface area contributed by atoms with Gasteiger partial charge in [-0.25, -0.2) is 9.97 Å². The highest BCUT2D eigenvalue weighted by Gasteiger charge is 2.41. The van der Waals surface area contributed by atoms with Gasteiger partial charge in [-0.1, -0.05) is 171 Å². The number of benzene rings is 8. The van der Waals surface area contributed by atoms with Gasteiger partial charge in [-0.2, -0.15) is 0 Å². The zero-order valence-corrected chi connectivity index (χ0v) is 33.4. The summed E-state index contributed by atoms with van der Waals surface area (Å²) in [5.74, 6) is 0.754. The van der Waals surface area contributed by atoms with Gasteiger partial charge in [0.1, 0.15) is 8.07 Å². The lowest BCUT2D eigenvalue weighted by Gasteiger charge is -2.21. The van der Waals surface area contributed by atoms with Crippen molar-refractivity contribution in [1.82, 2.24) is 14.5 Å². The number of rotatable bonds is 6. The van der Waals surface area contributed by atoms with E-state index in [4.69, 9.17) is 9.97 Å². The van der Waals surface area contributed by atoms with Crippen molar-refractivity contribution in [2.75, 3.05) is 0 Å². The zero-order valence-electron chi connectivity index (χ0n) is 32.4. The molecule has 0 aliphatic carbocycles. The molecule has 8 aromatic carbocycles. The van der Waals surface area contributed by atoms with E-state index < -0.39 is 8.07 Å². The van der Waals surface area contributed by atoms with Crippen LogP contribution in [0.5, 0.6) is 0 Å². The van der Waals surface area contributed by atoms with Gasteiger partial charge in [0.2, 0.25) is 0 Å². The van der Waals surface area contributed by atoms with E-state index in [1.165, 1.54) is 60.0 Å². The first-order valence-corrected chi connectivity index (χ1v) is 23.0. The van der Waals surface area contributed by atoms with Crippen molar-refractivity contribution in [2.24, 2.45) is 0 Å². The van der Waals surface area contributed by atoms with Crippen LogP contribution in [0.1, 0.15) is 0 Å². The first-order chi connectivity index (χ1) is 28.5. The molecule has 0 radical (unpaired) electrons. The van der Waals surface area contributed by atoms with Crippen molar-refractivity contribution in [3.05, 3.63) is 200 Å². The molecule has 1 aliphatic rings. The molecule has 11 rings (SSSR count). The van der Waals surface area contributed by atoms with Crippen molar-refractivity contribution in [2.45, 2.75) is 13.1 Å². The molecule has 10 aromatic rings. The second-order valence-corrected chi connectivity index (χ2v) is 20.1. The minimum absolute atomic E-state index is 0.754. The molecule has 4 heteroatoms. The van der Waals surface area contributed by atoms with Crippen LogP contribution in [0.3, 0.4) is 0 Å². The van der Waals surface area contributed by atoms with Crippen LogP contribution in [0, 0.1) is 0 Å². The third kappa shape index (κ3) is 5.48. The lowest BCUT2D eigenvalue weighted by Crippen LogP contribution is -2.50. The number of hydrogen-bond acceptors (Lipinski definition) is 2. The van der Waals surface area contributed by atoms with Crippen LogP contribution in [0.25, 0.3) is 94.8 Å². The van der Waals surface area contributed by atoms with E-state index in [2.05, 4.69) is 218 Å². The monoisotopic (exact) mass is 757 g/mol. The number of fused-ring (bicyclic) bond motifs is 6. The summed E-state index contributed by atoms with van der Waals surface area (Å²) >= 11 is 0. The highest BCUT2D eigenvalue weighted by Crippen LogP contribution is 2.41. The minimum atomic E-state index is -2.04. The molecule has 0 spiro atoms. The fourth-order valence-corrected chi connectivity index (χ4v) is 12.5. The van der Waals surface area contributed by atoms with Gasteiger partial charge in [0.05, 0.1) is 22.4 Å². The summed E-state index contributed by atoms with van der Waals surface area (Å²) in [6, 6.07) is 72.2. The summed E-state index contributed by atoms with van der Waals surface area (Å²) in [6.07, 6.45) is 0. The van der Waals surface area contributed by atoms with Crippen LogP contribution in [-0.2, 0) is 0 Å². The third-order valence-electron chi connectivity index (χ3n) is 12.0. The molecular weight excluding hydrogens is 719 g/mol. The molecule has 0 bridgehead atoms. The van der Waals surface area contributed by atoms with Crippen molar-refractivity contribution in [3.8, 4) is 73.0 Å². The normalized spacial score (nSPS) is 12.8. The van der Waals surface area contributed by atoms with Crippen molar-refractivity contribution >= 4 is 40.3 Å². The van der Waals surface area contributed by atoms with E-state index in [9.17, 15) is 0 Å². The van der Waals surface area contributed by atoms with Crippen LogP contribution in [0.4, 0.5) is 0 Å². The van der Waals surface area contributed by atoms with Gasteiger partial charge in [-0.15, -0.1) is 0 Å². The molecule has 0 N–H and O–H groups in total. The second-order valence-electron chi connectivity index (χ2n) is 15.8. The van der Waals surface area contributed by atoms with Crippen molar-refractivity contribution in [1.29, 1.82) is 0 Å². The molecule has 1 aliphatic heterocycles. The Morgan fingerprint density at radius 1 is 0.397 bits per heavy atom. The Morgan fingerprint density at radius 2 is 0.948 bits per heavy atom. The molecule has 2 aromatic heterocycles. The number of hydrogen-bond donors (Lipinski definition) is 0. The van der Waals surface area contributed by atoms with Crippen LogP contribution in [0.2, 0.25) is 13.1 Å². The Kier molecular flexibility index (Phi) is 7.95. The molecule has 0 unspecified atom stereocenters. The minimum Gasteiger partial charge on any atom is -0.309 e. The highest BCUT2D eigenvalue weighted by molar-refractivity contribution is 7.04. The van der Waals surface area contributed by atoms with Gasteiger partial charge in [0.25, 0.3) is 0 Å². The van der Waals surface area contributed by atoms with Gasteiger partial charge in [-0.05, 0) is 91.8 Å². The third-order valence-corrected chi connectivity index (χ3v) is 15.5. The fraction of sp³-hybridized carbons (Fsp3) is 0.0370. The van der Waals surface area contributed by atoms with Crippen LogP contribution < -0.4 is 10.4 Å². The molecule has 3 heterocycles. The average molecular weight is 758 g/mol. The molecule has 0 amide bonds. The molecular formula is C54H39N3Si. The quantitative estimate of drug-likeness (QED) is 0.158. The molecule has 3 nitrogen and oxygen atoms in total. The van der Waals surface area contributed by atoms with Gasteiger partial charge in [0.15, 0.2) is 5.82 Å². The van der Waals surface area contributed by atoms with Crippen LogP contribution in [-0.4, -0.2) is 22.6 Å². The van der Waals surface area contributed by atoms with Gasteiger partial charge in [0, 0.05) is 27.6 Å². The molecule has 0 atom stereocenters. The lowest BCUT2D eigenvalue weighted by atomic mass is 9.94. The molecule has 0 saturated heterocycles. The fourth-order valence-electron chi connectivity index (χ4n) is 9.23. The Hall–Kier alpha value is -7.14. The Balaban J connectivity index is 1.06. The Labute approximate surface area is 339 Å². The zero-order chi connectivity index (χ0) is 38.8. The summed E-state index contributed by atoms with van der Waals surface area (Å²) in [4.78, 5) is 10.8. The highest BCUT2D eigenvalue weighted by atomic mass is 28.3. The predicted molar refractivity (Wildman–Crippen MR) is 246 cm³/mol. The van der Waals surface area contributed by atoms with Gasteiger partial charge in [-0.3, -0.25) is 0 Å². The Morgan fingerprint density at radius 3 is 1.71 bits per heavy atom. The van der Waals surface area contributed by atoms with Crippen LogP contribution in [0.15, 0.2) is 200 Å². The van der Waals surface area contributed by atoms with E-state index in [-0.39, 0.29) is 0 Å². The topological polar surface area (TPSA) is 30.7 Å². The molecule has 0 saturated carbocycles. The predicted octanol–water partition coefficient (Wildman–Crippen LogP) is 12.7. The maximum Gasteiger partial charge on any atom is 0.160 e. The average Bonchev–Trinajstić information content (AvgIpc) is 3.75.